The molecule has 2 rings (SSSR count). The Labute approximate surface area is 110 Å². The van der Waals surface area contributed by atoms with Gasteiger partial charge in [0.25, 0.3) is 0 Å². The number of rotatable bonds is 2. The predicted octanol–water partition coefficient (Wildman–Crippen LogP) is 4.71. The molecule has 0 aliphatic carbocycles. The van der Waals surface area contributed by atoms with E-state index in [4.69, 9.17) is 11.6 Å². The third kappa shape index (κ3) is 2.56. The van der Waals surface area contributed by atoms with Crippen molar-refractivity contribution in [2.45, 2.75) is 5.38 Å². The Balaban J connectivity index is 2.56. The van der Waals surface area contributed by atoms with Gasteiger partial charge in [0.2, 0.25) is 0 Å². The van der Waals surface area contributed by atoms with Crippen LogP contribution in [0.1, 0.15) is 16.5 Å². The predicted molar refractivity (Wildman–Crippen MR) is 60.4 cm³/mol. The van der Waals surface area contributed by atoms with E-state index in [1.807, 2.05) is 0 Å². The highest BCUT2D eigenvalue weighted by Crippen LogP contribution is 2.34. The molecular formula is C13H6ClF5. The van der Waals surface area contributed by atoms with Gasteiger partial charge in [0.1, 0.15) is 17.5 Å². The maximum atomic E-state index is 13.5. The highest BCUT2D eigenvalue weighted by atomic mass is 35.5. The van der Waals surface area contributed by atoms with Gasteiger partial charge >= 0.3 is 0 Å². The Morgan fingerprint density at radius 3 is 2.00 bits per heavy atom. The van der Waals surface area contributed by atoms with E-state index in [0.29, 0.717) is 12.1 Å². The van der Waals surface area contributed by atoms with E-state index in [0.717, 1.165) is 18.2 Å². The molecule has 2 aromatic carbocycles. The fourth-order valence-corrected chi connectivity index (χ4v) is 2.04. The minimum atomic E-state index is -1.60. The Morgan fingerprint density at radius 2 is 1.42 bits per heavy atom. The van der Waals surface area contributed by atoms with Crippen LogP contribution < -0.4 is 0 Å². The number of halogens is 6. The van der Waals surface area contributed by atoms with Gasteiger partial charge in [-0.3, -0.25) is 0 Å². The first-order valence-electron chi connectivity index (χ1n) is 5.14. The fraction of sp³-hybridized carbons (Fsp3) is 0.0769. The van der Waals surface area contributed by atoms with E-state index in [1.54, 1.807) is 0 Å². The van der Waals surface area contributed by atoms with Crippen LogP contribution in [-0.2, 0) is 0 Å². The molecule has 2 aromatic rings. The zero-order valence-corrected chi connectivity index (χ0v) is 9.99. The van der Waals surface area contributed by atoms with Gasteiger partial charge in [-0.1, -0.05) is 12.1 Å². The molecule has 0 nitrogen and oxygen atoms in total. The lowest BCUT2D eigenvalue weighted by Gasteiger charge is -2.13. The fourth-order valence-electron chi connectivity index (χ4n) is 1.67. The van der Waals surface area contributed by atoms with E-state index >= 15 is 0 Å². The van der Waals surface area contributed by atoms with E-state index < -0.39 is 45.6 Å². The zero-order valence-electron chi connectivity index (χ0n) is 9.23. The van der Waals surface area contributed by atoms with Crippen LogP contribution in [0.3, 0.4) is 0 Å². The molecular weight excluding hydrogens is 287 g/mol. The lowest BCUT2D eigenvalue weighted by molar-refractivity contribution is 0.494. The third-order valence-electron chi connectivity index (χ3n) is 2.55. The molecule has 0 amide bonds. The summed E-state index contributed by atoms with van der Waals surface area (Å²) in [5.74, 6) is -6.14. The maximum absolute atomic E-state index is 13.5. The van der Waals surface area contributed by atoms with Crippen molar-refractivity contribution in [1.29, 1.82) is 0 Å². The van der Waals surface area contributed by atoms with Gasteiger partial charge in [0, 0.05) is 23.3 Å². The molecule has 0 fully saturated rings. The molecule has 0 saturated heterocycles. The summed E-state index contributed by atoms with van der Waals surface area (Å²) >= 11 is 5.76. The molecule has 0 radical (unpaired) electrons. The van der Waals surface area contributed by atoms with Gasteiger partial charge < -0.3 is 0 Å². The largest absolute Gasteiger partial charge is 0.207 e. The summed E-state index contributed by atoms with van der Waals surface area (Å²) in [5, 5.41) is -1.60. The molecule has 100 valence electrons. The van der Waals surface area contributed by atoms with Crippen molar-refractivity contribution in [3.8, 4) is 0 Å². The summed E-state index contributed by atoms with van der Waals surface area (Å²) < 4.78 is 66.3. The lowest BCUT2D eigenvalue weighted by atomic mass is 10.0. The second-order valence-electron chi connectivity index (χ2n) is 3.79. The van der Waals surface area contributed by atoms with Gasteiger partial charge in [-0.15, -0.1) is 11.6 Å². The SMILES string of the molecule is Fc1cc(F)c(C(Cl)c2cccc(F)c2F)c(F)c1. The normalized spacial score (nSPS) is 12.5. The highest BCUT2D eigenvalue weighted by molar-refractivity contribution is 6.22. The minimum Gasteiger partial charge on any atom is -0.207 e. The molecule has 0 aliphatic heterocycles. The van der Waals surface area contributed by atoms with Crippen LogP contribution in [0.4, 0.5) is 22.0 Å². The van der Waals surface area contributed by atoms with Crippen molar-refractivity contribution in [1.82, 2.24) is 0 Å². The molecule has 1 unspecified atom stereocenters. The van der Waals surface area contributed by atoms with Crippen LogP contribution in [0.2, 0.25) is 0 Å². The Morgan fingerprint density at radius 1 is 0.842 bits per heavy atom. The molecule has 0 bridgehead atoms. The van der Waals surface area contributed by atoms with Crippen molar-refractivity contribution in [3.05, 3.63) is 70.5 Å². The zero-order chi connectivity index (χ0) is 14.2. The number of alkyl halides is 1. The van der Waals surface area contributed by atoms with E-state index in [1.165, 1.54) is 0 Å². The van der Waals surface area contributed by atoms with E-state index in [9.17, 15) is 22.0 Å². The highest BCUT2D eigenvalue weighted by Gasteiger charge is 2.24. The van der Waals surface area contributed by atoms with Crippen LogP contribution in [-0.4, -0.2) is 0 Å². The lowest BCUT2D eigenvalue weighted by Crippen LogP contribution is -2.05. The Hall–Kier alpha value is -1.62. The van der Waals surface area contributed by atoms with Crippen LogP contribution in [0.15, 0.2) is 30.3 Å². The molecule has 0 aromatic heterocycles. The molecule has 0 N–H and O–H groups in total. The summed E-state index contributed by atoms with van der Waals surface area (Å²) in [7, 11) is 0. The Bertz CT molecular complexity index is 603. The minimum absolute atomic E-state index is 0.422. The van der Waals surface area contributed by atoms with Crippen LogP contribution in [0, 0.1) is 29.1 Å². The van der Waals surface area contributed by atoms with Crippen molar-refractivity contribution in [2.24, 2.45) is 0 Å². The van der Waals surface area contributed by atoms with Crippen molar-refractivity contribution >= 4 is 11.6 Å². The molecule has 6 heteroatoms. The van der Waals surface area contributed by atoms with Gasteiger partial charge in [-0.25, -0.2) is 22.0 Å². The molecule has 0 saturated carbocycles. The van der Waals surface area contributed by atoms with Crippen molar-refractivity contribution < 1.29 is 22.0 Å². The first-order chi connectivity index (χ1) is 8.91. The van der Waals surface area contributed by atoms with Gasteiger partial charge in [-0.05, 0) is 6.07 Å². The average Bonchev–Trinajstić information content (AvgIpc) is 2.31. The molecule has 0 aliphatic rings. The summed E-state index contributed by atoms with van der Waals surface area (Å²) in [6.07, 6.45) is 0. The van der Waals surface area contributed by atoms with Crippen LogP contribution in [0.25, 0.3) is 0 Å². The molecule has 1 atom stereocenters. The number of benzene rings is 2. The molecule has 19 heavy (non-hydrogen) atoms. The van der Waals surface area contributed by atoms with Crippen LogP contribution in [0.5, 0.6) is 0 Å². The second-order valence-corrected chi connectivity index (χ2v) is 4.23. The summed E-state index contributed by atoms with van der Waals surface area (Å²) in [6.45, 7) is 0. The van der Waals surface area contributed by atoms with E-state index in [2.05, 4.69) is 0 Å². The maximum Gasteiger partial charge on any atom is 0.163 e. The quantitative estimate of drug-likeness (QED) is 0.555. The third-order valence-corrected chi connectivity index (χ3v) is 3.01. The van der Waals surface area contributed by atoms with E-state index in [-0.39, 0.29) is 0 Å². The Kier molecular flexibility index (Phi) is 3.75. The second kappa shape index (κ2) is 5.17. The van der Waals surface area contributed by atoms with Gasteiger partial charge in [0.15, 0.2) is 11.6 Å². The van der Waals surface area contributed by atoms with Crippen molar-refractivity contribution in [3.63, 3.8) is 0 Å². The summed E-state index contributed by atoms with van der Waals surface area (Å²) in [6, 6.07) is 3.94. The number of hydrogen-bond acceptors (Lipinski definition) is 0. The molecule has 0 spiro atoms. The monoisotopic (exact) mass is 292 g/mol. The van der Waals surface area contributed by atoms with Crippen LogP contribution >= 0.6 is 11.6 Å². The summed E-state index contributed by atoms with van der Waals surface area (Å²) in [5.41, 5.74) is -1.15. The average molecular weight is 293 g/mol. The number of hydrogen-bond donors (Lipinski definition) is 0. The molecule has 0 heterocycles. The van der Waals surface area contributed by atoms with Crippen molar-refractivity contribution in [2.75, 3.05) is 0 Å². The first kappa shape index (κ1) is 13.8. The topological polar surface area (TPSA) is 0 Å². The van der Waals surface area contributed by atoms with Gasteiger partial charge in [-0.2, -0.15) is 0 Å². The first-order valence-corrected chi connectivity index (χ1v) is 5.58. The smallest absolute Gasteiger partial charge is 0.163 e. The summed E-state index contributed by atoms with van der Waals surface area (Å²) in [4.78, 5) is 0. The standard InChI is InChI=1S/C13H6ClF5/c14-12(7-2-1-3-8(16)13(7)19)11-9(17)4-6(15)5-10(11)18/h1-5,12H. The van der Waals surface area contributed by atoms with Gasteiger partial charge in [0.05, 0.1) is 5.38 Å².